The lowest BCUT2D eigenvalue weighted by atomic mass is 9.78. The van der Waals surface area contributed by atoms with Gasteiger partial charge in [0.15, 0.2) is 5.82 Å². The topological polar surface area (TPSA) is 97.9 Å². The van der Waals surface area contributed by atoms with Gasteiger partial charge in [-0.05, 0) is 36.8 Å². The molecule has 1 aliphatic heterocycles. The zero-order valence-electron chi connectivity index (χ0n) is 16.8. The van der Waals surface area contributed by atoms with Crippen molar-refractivity contribution in [2.24, 2.45) is 11.8 Å². The second-order valence-corrected chi connectivity index (χ2v) is 7.85. The number of para-hydroxylation sites is 1. The number of hydrogen-bond acceptors (Lipinski definition) is 8. The van der Waals surface area contributed by atoms with Gasteiger partial charge in [0.05, 0.1) is 19.8 Å². The van der Waals surface area contributed by atoms with E-state index in [1.165, 1.54) is 7.11 Å². The summed E-state index contributed by atoms with van der Waals surface area (Å²) in [6, 6.07) is 6.99. The van der Waals surface area contributed by atoms with Crippen LogP contribution in [-0.4, -0.2) is 58.5 Å². The standard InChI is InChI=1S/C21H27N3O5/c1-3-19-22-20(29-23-19)12-24-10-13-8-16(25)18(9-14(13)11-24)28-17-7-5-4-6-15(17)21(26)27-2/h4-7,13-14,16,18,25H,3,8-12H2,1-2H3/t13-,14+,16+,18+/m0/s1. The summed E-state index contributed by atoms with van der Waals surface area (Å²) < 4.78 is 16.2. The maximum absolute atomic E-state index is 12.0. The molecule has 2 fully saturated rings. The number of likely N-dealkylation sites (tertiary alicyclic amines) is 1. The first-order valence-corrected chi connectivity index (χ1v) is 10.1. The van der Waals surface area contributed by atoms with Crippen molar-refractivity contribution < 1.29 is 23.9 Å². The molecule has 8 nitrogen and oxygen atoms in total. The fraction of sp³-hybridized carbons (Fsp3) is 0.571. The van der Waals surface area contributed by atoms with E-state index in [1.807, 2.05) is 13.0 Å². The number of carbonyl (C=O) groups is 1. The fourth-order valence-corrected chi connectivity index (χ4v) is 4.44. The zero-order chi connectivity index (χ0) is 20.4. The molecule has 2 aliphatic rings. The number of fused-ring (bicyclic) bond motifs is 1. The van der Waals surface area contributed by atoms with Crippen molar-refractivity contribution in [2.75, 3.05) is 20.2 Å². The number of methoxy groups -OCH3 is 1. The number of esters is 1. The van der Waals surface area contributed by atoms with E-state index in [0.29, 0.717) is 42.0 Å². The highest BCUT2D eigenvalue weighted by atomic mass is 16.5. The first-order chi connectivity index (χ1) is 14.1. The third kappa shape index (κ3) is 4.28. The van der Waals surface area contributed by atoms with Gasteiger partial charge >= 0.3 is 5.97 Å². The first-order valence-electron chi connectivity index (χ1n) is 10.1. The molecule has 2 aromatic rings. The summed E-state index contributed by atoms with van der Waals surface area (Å²) in [7, 11) is 1.35. The van der Waals surface area contributed by atoms with Crippen molar-refractivity contribution in [3.8, 4) is 5.75 Å². The molecule has 8 heteroatoms. The van der Waals surface area contributed by atoms with Crippen molar-refractivity contribution in [3.05, 3.63) is 41.5 Å². The Balaban J connectivity index is 1.40. The van der Waals surface area contributed by atoms with Gasteiger partial charge in [-0.2, -0.15) is 4.98 Å². The minimum atomic E-state index is -0.572. The third-order valence-corrected chi connectivity index (χ3v) is 5.92. The number of aromatic nitrogens is 2. The Hall–Kier alpha value is -2.45. The van der Waals surface area contributed by atoms with E-state index in [4.69, 9.17) is 14.0 Å². The number of carbonyl (C=O) groups excluding carboxylic acids is 1. The van der Waals surface area contributed by atoms with E-state index >= 15 is 0 Å². The number of benzene rings is 1. The van der Waals surface area contributed by atoms with Crippen molar-refractivity contribution in [1.82, 2.24) is 15.0 Å². The number of aliphatic hydroxyl groups is 1. The summed E-state index contributed by atoms with van der Waals surface area (Å²) >= 11 is 0. The van der Waals surface area contributed by atoms with Crippen LogP contribution in [0, 0.1) is 11.8 Å². The van der Waals surface area contributed by atoms with E-state index in [0.717, 1.165) is 31.8 Å². The van der Waals surface area contributed by atoms with Gasteiger partial charge in [-0.25, -0.2) is 4.79 Å². The lowest BCUT2D eigenvalue weighted by molar-refractivity contribution is -0.0237. The van der Waals surface area contributed by atoms with Crippen LogP contribution in [-0.2, 0) is 17.7 Å². The molecular formula is C21H27N3O5. The third-order valence-electron chi connectivity index (χ3n) is 5.92. The molecule has 1 saturated carbocycles. The second kappa shape index (κ2) is 8.51. The molecule has 156 valence electrons. The molecule has 0 spiro atoms. The van der Waals surface area contributed by atoms with Crippen molar-refractivity contribution in [1.29, 1.82) is 0 Å². The van der Waals surface area contributed by atoms with Crippen LogP contribution in [0.15, 0.2) is 28.8 Å². The highest BCUT2D eigenvalue weighted by Gasteiger charge is 2.43. The van der Waals surface area contributed by atoms with Gasteiger partial charge in [0, 0.05) is 19.5 Å². The van der Waals surface area contributed by atoms with Crippen LogP contribution in [0.5, 0.6) is 5.75 Å². The maximum atomic E-state index is 12.0. The fourth-order valence-electron chi connectivity index (χ4n) is 4.44. The average Bonchev–Trinajstić information content (AvgIpc) is 3.34. The van der Waals surface area contributed by atoms with Crippen LogP contribution in [0.4, 0.5) is 0 Å². The Morgan fingerprint density at radius 2 is 2.03 bits per heavy atom. The van der Waals surface area contributed by atoms with Crippen LogP contribution in [0.2, 0.25) is 0 Å². The maximum Gasteiger partial charge on any atom is 0.341 e. The molecule has 1 aromatic carbocycles. The van der Waals surface area contributed by atoms with E-state index in [-0.39, 0.29) is 6.10 Å². The second-order valence-electron chi connectivity index (χ2n) is 7.85. The van der Waals surface area contributed by atoms with Gasteiger partial charge in [0.25, 0.3) is 0 Å². The molecule has 4 rings (SSSR count). The Labute approximate surface area is 169 Å². The smallest absolute Gasteiger partial charge is 0.341 e. The van der Waals surface area contributed by atoms with E-state index in [9.17, 15) is 9.90 Å². The molecule has 4 atom stereocenters. The van der Waals surface area contributed by atoms with Crippen LogP contribution in [0.25, 0.3) is 0 Å². The molecule has 0 amide bonds. The lowest BCUT2D eigenvalue weighted by Gasteiger charge is -2.35. The molecule has 1 aliphatic carbocycles. The predicted octanol–water partition coefficient (Wildman–Crippen LogP) is 2.07. The van der Waals surface area contributed by atoms with Crippen LogP contribution < -0.4 is 4.74 Å². The average molecular weight is 401 g/mol. The molecule has 2 heterocycles. The van der Waals surface area contributed by atoms with Gasteiger partial charge < -0.3 is 19.1 Å². The SMILES string of the molecule is CCc1noc(CN2C[C@H]3C[C@@H](Oc4ccccc4C(=O)OC)[C@H](O)C[C@H]3C2)n1. The number of hydrogen-bond donors (Lipinski definition) is 1. The van der Waals surface area contributed by atoms with Crippen LogP contribution in [0.1, 0.15) is 41.8 Å². The minimum absolute atomic E-state index is 0.350. The lowest BCUT2D eigenvalue weighted by Crippen LogP contribution is -2.42. The number of nitrogens with zero attached hydrogens (tertiary/aromatic N) is 3. The van der Waals surface area contributed by atoms with E-state index in [1.54, 1.807) is 18.2 Å². The van der Waals surface area contributed by atoms with Crippen LogP contribution in [0.3, 0.4) is 0 Å². The summed E-state index contributed by atoms with van der Waals surface area (Å²) in [4.78, 5) is 18.7. The molecule has 0 radical (unpaired) electrons. The summed E-state index contributed by atoms with van der Waals surface area (Å²) in [6.07, 6.45) is 1.25. The van der Waals surface area contributed by atoms with Crippen molar-refractivity contribution in [2.45, 2.75) is 44.9 Å². The molecule has 1 saturated heterocycles. The van der Waals surface area contributed by atoms with E-state index in [2.05, 4.69) is 15.0 Å². The van der Waals surface area contributed by atoms with Crippen molar-refractivity contribution >= 4 is 5.97 Å². The predicted molar refractivity (Wildman–Crippen MR) is 103 cm³/mol. The molecular weight excluding hydrogens is 374 g/mol. The molecule has 1 aromatic heterocycles. The van der Waals surface area contributed by atoms with Gasteiger partial charge in [-0.15, -0.1) is 0 Å². The summed E-state index contributed by atoms with van der Waals surface area (Å²) in [5.74, 6) is 2.21. The normalized spacial score (nSPS) is 26.9. The van der Waals surface area contributed by atoms with E-state index < -0.39 is 12.1 Å². The highest BCUT2D eigenvalue weighted by Crippen LogP contribution is 2.38. The summed E-state index contributed by atoms with van der Waals surface area (Å²) in [6.45, 7) is 4.43. The van der Waals surface area contributed by atoms with Gasteiger partial charge in [0.1, 0.15) is 17.4 Å². The van der Waals surface area contributed by atoms with Gasteiger partial charge in [-0.1, -0.05) is 24.2 Å². The largest absolute Gasteiger partial charge is 0.487 e. The Kier molecular flexibility index (Phi) is 5.82. The summed E-state index contributed by atoms with van der Waals surface area (Å²) in [5.41, 5.74) is 0.375. The molecule has 0 bridgehead atoms. The van der Waals surface area contributed by atoms with Gasteiger partial charge in [-0.3, -0.25) is 4.90 Å². The monoisotopic (exact) mass is 401 g/mol. The minimum Gasteiger partial charge on any atom is -0.487 e. The zero-order valence-corrected chi connectivity index (χ0v) is 16.8. The van der Waals surface area contributed by atoms with Crippen molar-refractivity contribution in [3.63, 3.8) is 0 Å². The number of aryl methyl sites for hydroxylation is 1. The first kappa shape index (κ1) is 19.8. The number of ether oxygens (including phenoxy) is 2. The molecule has 1 N–H and O–H groups in total. The quantitative estimate of drug-likeness (QED) is 0.735. The highest BCUT2D eigenvalue weighted by molar-refractivity contribution is 5.92. The Morgan fingerprint density at radius 3 is 2.76 bits per heavy atom. The molecule has 0 unspecified atom stereocenters. The molecule has 29 heavy (non-hydrogen) atoms. The number of rotatable bonds is 6. The Bertz CT molecular complexity index is 854. The number of aliphatic hydroxyl groups excluding tert-OH is 1. The summed E-state index contributed by atoms with van der Waals surface area (Å²) in [5, 5.41) is 14.6. The van der Waals surface area contributed by atoms with Gasteiger partial charge in [0.2, 0.25) is 5.89 Å². The Morgan fingerprint density at radius 1 is 1.28 bits per heavy atom. The van der Waals surface area contributed by atoms with Crippen LogP contribution >= 0.6 is 0 Å².